The van der Waals surface area contributed by atoms with Crippen LogP contribution in [0.2, 0.25) is 0 Å². The van der Waals surface area contributed by atoms with E-state index in [0.717, 1.165) is 33.7 Å². The molecule has 0 radical (unpaired) electrons. The lowest BCUT2D eigenvalue weighted by Crippen LogP contribution is -2.34. The van der Waals surface area contributed by atoms with Crippen LogP contribution in [0.1, 0.15) is 37.1 Å². The Morgan fingerprint density at radius 1 is 1.15 bits per heavy atom. The van der Waals surface area contributed by atoms with Gasteiger partial charge in [-0.25, -0.2) is 9.67 Å². The zero-order chi connectivity index (χ0) is 19.6. The van der Waals surface area contributed by atoms with Crippen LogP contribution in [0.5, 0.6) is 5.75 Å². The predicted molar refractivity (Wildman–Crippen MR) is 106 cm³/mol. The second kappa shape index (κ2) is 7.78. The summed E-state index contributed by atoms with van der Waals surface area (Å²) in [5.74, 6) is 2.16. The van der Waals surface area contributed by atoms with Crippen LogP contribution in [-0.2, 0) is 11.3 Å². The average molecular weight is 366 g/mol. The maximum Gasteiger partial charge on any atom is 0.225 e. The van der Waals surface area contributed by atoms with Crippen molar-refractivity contribution >= 4 is 16.7 Å². The Morgan fingerprint density at radius 3 is 2.48 bits per heavy atom. The van der Waals surface area contributed by atoms with Crippen LogP contribution in [0, 0.1) is 19.8 Å². The van der Waals surface area contributed by atoms with Crippen LogP contribution in [0.15, 0.2) is 36.4 Å². The molecule has 1 amide bonds. The number of carbonyl (C=O) groups is 1. The minimum atomic E-state index is -0.211. The van der Waals surface area contributed by atoms with Gasteiger partial charge in [0, 0.05) is 5.39 Å². The SMILES string of the molecule is COc1ccc([C@@H](C)NC(=O)[C@@H](C)Cn2nc(C)nc2C)c2ccccc12. The van der Waals surface area contributed by atoms with E-state index in [9.17, 15) is 4.79 Å². The zero-order valence-electron chi connectivity index (χ0n) is 16.5. The molecule has 3 aromatic rings. The number of aromatic nitrogens is 3. The van der Waals surface area contributed by atoms with E-state index in [4.69, 9.17) is 4.74 Å². The number of hydrogen-bond acceptors (Lipinski definition) is 4. The quantitative estimate of drug-likeness (QED) is 0.724. The number of nitrogens with zero attached hydrogens (tertiary/aromatic N) is 3. The lowest BCUT2D eigenvalue weighted by molar-refractivity contribution is -0.125. The normalized spacial score (nSPS) is 13.4. The van der Waals surface area contributed by atoms with Crippen LogP contribution in [-0.4, -0.2) is 27.8 Å². The first kappa shape index (κ1) is 18.9. The van der Waals surface area contributed by atoms with Gasteiger partial charge in [-0.1, -0.05) is 37.3 Å². The van der Waals surface area contributed by atoms with E-state index in [1.54, 1.807) is 11.8 Å². The van der Waals surface area contributed by atoms with Crippen molar-refractivity contribution in [1.29, 1.82) is 0 Å². The van der Waals surface area contributed by atoms with Crippen molar-refractivity contribution in [3.05, 3.63) is 53.6 Å². The van der Waals surface area contributed by atoms with Gasteiger partial charge in [0.2, 0.25) is 5.91 Å². The molecular weight excluding hydrogens is 340 g/mol. The second-order valence-corrected chi connectivity index (χ2v) is 6.92. The van der Waals surface area contributed by atoms with Crippen LogP contribution < -0.4 is 10.1 Å². The highest BCUT2D eigenvalue weighted by Crippen LogP contribution is 2.31. The number of nitrogens with one attached hydrogen (secondary N) is 1. The molecule has 0 spiro atoms. The molecule has 6 nitrogen and oxygen atoms in total. The summed E-state index contributed by atoms with van der Waals surface area (Å²) >= 11 is 0. The first-order valence-electron chi connectivity index (χ1n) is 9.14. The third-order valence-corrected chi connectivity index (χ3v) is 4.82. The molecule has 0 aliphatic rings. The number of fused-ring (bicyclic) bond motifs is 1. The van der Waals surface area contributed by atoms with Gasteiger partial charge in [0.25, 0.3) is 0 Å². The summed E-state index contributed by atoms with van der Waals surface area (Å²) in [5, 5.41) is 9.60. The maximum atomic E-state index is 12.7. The number of amides is 1. The fraction of sp³-hybridized carbons (Fsp3) is 0.381. The zero-order valence-corrected chi connectivity index (χ0v) is 16.5. The Labute approximate surface area is 159 Å². The summed E-state index contributed by atoms with van der Waals surface area (Å²) in [6.45, 7) is 8.17. The van der Waals surface area contributed by atoms with Crippen LogP contribution in [0.3, 0.4) is 0 Å². The molecule has 0 saturated heterocycles. The minimum absolute atomic E-state index is 0.00467. The van der Waals surface area contributed by atoms with E-state index >= 15 is 0 Å². The van der Waals surface area contributed by atoms with Crippen molar-refractivity contribution in [2.24, 2.45) is 5.92 Å². The van der Waals surface area contributed by atoms with E-state index < -0.39 is 0 Å². The van der Waals surface area contributed by atoms with Gasteiger partial charge in [-0.05, 0) is 37.8 Å². The summed E-state index contributed by atoms with van der Waals surface area (Å²) in [5.41, 5.74) is 1.07. The van der Waals surface area contributed by atoms with Crippen molar-refractivity contribution in [2.75, 3.05) is 7.11 Å². The summed E-state index contributed by atoms with van der Waals surface area (Å²) in [6, 6.07) is 11.9. The lowest BCUT2D eigenvalue weighted by Gasteiger charge is -2.20. The molecule has 2 atom stereocenters. The number of benzene rings is 2. The molecule has 0 unspecified atom stereocenters. The molecule has 0 bridgehead atoms. The Morgan fingerprint density at radius 2 is 1.85 bits per heavy atom. The largest absolute Gasteiger partial charge is 0.496 e. The maximum absolute atomic E-state index is 12.7. The van der Waals surface area contributed by atoms with Crippen LogP contribution in [0.25, 0.3) is 10.8 Å². The molecule has 0 saturated carbocycles. The third-order valence-electron chi connectivity index (χ3n) is 4.82. The Hall–Kier alpha value is -2.89. The number of ether oxygens (including phenoxy) is 1. The van der Waals surface area contributed by atoms with Crippen molar-refractivity contribution in [3.63, 3.8) is 0 Å². The molecule has 6 heteroatoms. The van der Waals surface area contributed by atoms with Gasteiger partial charge < -0.3 is 10.1 Å². The van der Waals surface area contributed by atoms with E-state index in [1.807, 2.05) is 58.0 Å². The Balaban J connectivity index is 1.77. The van der Waals surface area contributed by atoms with Gasteiger partial charge in [-0.2, -0.15) is 5.10 Å². The highest BCUT2D eigenvalue weighted by molar-refractivity contribution is 5.92. The number of rotatable bonds is 6. The fourth-order valence-electron chi connectivity index (χ4n) is 3.36. The van der Waals surface area contributed by atoms with Crippen molar-refractivity contribution in [3.8, 4) is 5.75 Å². The number of hydrogen-bond donors (Lipinski definition) is 1. The Kier molecular flexibility index (Phi) is 5.44. The van der Waals surface area contributed by atoms with Crippen molar-refractivity contribution < 1.29 is 9.53 Å². The van der Waals surface area contributed by atoms with Gasteiger partial charge in [0.15, 0.2) is 0 Å². The van der Waals surface area contributed by atoms with E-state index in [1.165, 1.54) is 0 Å². The molecular formula is C21H26N4O2. The van der Waals surface area contributed by atoms with Gasteiger partial charge >= 0.3 is 0 Å². The summed E-state index contributed by atoms with van der Waals surface area (Å²) < 4.78 is 7.24. The average Bonchev–Trinajstić information content (AvgIpc) is 2.97. The second-order valence-electron chi connectivity index (χ2n) is 6.92. The molecule has 142 valence electrons. The van der Waals surface area contributed by atoms with Gasteiger partial charge in [0.05, 0.1) is 25.6 Å². The van der Waals surface area contributed by atoms with Gasteiger partial charge in [0.1, 0.15) is 17.4 Å². The van der Waals surface area contributed by atoms with Crippen molar-refractivity contribution in [2.45, 2.75) is 40.3 Å². The molecule has 1 aromatic heterocycles. The molecule has 2 aromatic carbocycles. The van der Waals surface area contributed by atoms with E-state index in [0.29, 0.717) is 6.54 Å². The van der Waals surface area contributed by atoms with Crippen LogP contribution in [0.4, 0.5) is 0 Å². The molecule has 0 aliphatic carbocycles. The molecule has 1 N–H and O–H groups in total. The van der Waals surface area contributed by atoms with Crippen molar-refractivity contribution in [1.82, 2.24) is 20.1 Å². The van der Waals surface area contributed by atoms with Gasteiger partial charge in [-0.3, -0.25) is 4.79 Å². The third kappa shape index (κ3) is 3.94. The number of carbonyl (C=O) groups excluding carboxylic acids is 1. The first-order valence-corrected chi connectivity index (χ1v) is 9.14. The monoisotopic (exact) mass is 366 g/mol. The first-order chi connectivity index (χ1) is 12.9. The van der Waals surface area contributed by atoms with E-state index in [-0.39, 0.29) is 17.9 Å². The minimum Gasteiger partial charge on any atom is -0.496 e. The highest BCUT2D eigenvalue weighted by atomic mass is 16.5. The number of aryl methyl sites for hydroxylation is 2. The summed E-state index contributed by atoms with van der Waals surface area (Å²) in [4.78, 5) is 17.0. The standard InChI is InChI=1S/C21H26N4O2/c1-13(12-25-16(4)23-15(3)24-25)21(26)22-14(2)17-10-11-20(27-5)19-9-7-6-8-18(17)19/h6-11,13-14H,12H2,1-5H3,(H,22,26)/t13-,14+/m0/s1. The van der Waals surface area contributed by atoms with Crippen LogP contribution >= 0.6 is 0 Å². The fourth-order valence-corrected chi connectivity index (χ4v) is 3.36. The van der Waals surface area contributed by atoms with E-state index in [2.05, 4.69) is 21.5 Å². The van der Waals surface area contributed by atoms with Gasteiger partial charge in [-0.15, -0.1) is 0 Å². The number of methoxy groups -OCH3 is 1. The highest BCUT2D eigenvalue weighted by Gasteiger charge is 2.20. The summed E-state index contributed by atoms with van der Waals surface area (Å²) in [7, 11) is 1.67. The summed E-state index contributed by atoms with van der Waals surface area (Å²) in [6.07, 6.45) is 0. The topological polar surface area (TPSA) is 69.0 Å². The smallest absolute Gasteiger partial charge is 0.225 e. The predicted octanol–water partition coefficient (Wildman–Crippen LogP) is 3.57. The molecule has 27 heavy (non-hydrogen) atoms. The molecule has 3 rings (SSSR count). The molecule has 0 fully saturated rings. The molecule has 1 heterocycles. The molecule has 0 aliphatic heterocycles. The lowest BCUT2D eigenvalue weighted by atomic mass is 9.98. The Bertz CT molecular complexity index is 964.